The molecule has 0 radical (unpaired) electrons. The number of rotatable bonds is 9. The van der Waals surface area contributed by atoms with Crippen molar-refractivity contribution in [3.63, 3.8) is 0 Å². The summed E-state index contributed by atoms with van der Waals surface area (Å²) in [7, 11) is 1.63. The van der Waals surface area contributed by atoms with Gasteiger partial charge in [0, 0.05) is 60.5 Å². The van der Waals surface area contributed by atoms with E-state index < -0.39 is 0 Å². The van der Waals surface area contributed by atoms with Gasteiger partial charge in [0.05, 0.1) is 16.8 Å². The lowest BCUT2D eigenvalue weighted by atomic mass is 9.93. The van der Waals surface area contributed by atoms with Crippen LogP contribution in [0.5, 0.6) is 0 Å². The number of para-hydroxylation sites is 1. The Morgan fingerprint density at radius 2 is 1.81 bits per heavy atom. The van der Waals surface area contributed by atoms with E-state index in [1.165, 1.54) is 6.33 Å². The maximum Gasteiger partial charge on any atom is 0.251 e. The van der Waals surface area contributed by atoms with Gasteiger partial charge in [-0.1, -0.05) is 25.1 Å². The van der Waals surface area contributed by atoms with E-state index in [1.54, 1.807) is 31.7 Å². The van der Waals surface area contributed by atoms with Gasteiger partial charge in [-0.25, -0.2) is 19.9 Å². The number of pyridine rings is 1. The van der Waals surface area contributed by atoms with Crippen LogP contribution in [0.3, 0.4) is 0 Å². The third kappa shape index (κ3) is 5.71. The fourth-order valence-corrected chi connectivity index (χ4v) is 4.15. The normalized spacial score (nSPS) is 12.8. The van der Waals surface area contributed by atoms with Gasteiger partial charge in [-0.2, -0.15) is 12.6 Å². The smallest absolute Gasteiger partial charge is 0.251 e. The molecule has 3 heterocycles. The quantitative estimate of drug-likeness (QED) is 0.252. The molecule has 0 aliphatic rings. The molecule has 4 rings (SSSR count). The average molecular weight is 503 g/mol. The van der Waals surface area contributed by atoms with Crippen molar-refractivity contribution in [1.29, 1.82) is 0 Å². The monoisotopic (exact) mass is 502 g/mol. The van der Waals surface area contributed by atoms with Crippen molar-refractivity contribution in [1.82, 2.24) is 30.2 Å². The predicted octanol–water partition coefficient (Wildman–Crippen LogP) is 4.18. The van der Waals surface area contributed by atoms with Gasteiger partial charge in [0.2, 0.25) is 5.95 Å². The number of carbonyl (C=O) groups is 1. The summed E-state index contributed by atoms with van der Waals surface area (Å²) in [5.74, 6) is 1.20. The van der Waals surface area contributed by atoms with Gasteiger partial charge in [0.25, 0.3) is 5.91 Å². The molecule has 1 unspecified atom stereocenters. The molecule has 0 aliphatic heterocycles. The Hall–Kier alpha value is -3.79. The topological polar surface area (TPSA) is 118 Å². The zero-order valence-electron chi connectivity index (χ0n) is 20.7. The summed E-state index contributed by atoms with van der Waals surface area (Å²) >= 11 is 4.87. The second-order valence-corrected chi connectivity index (χ2v) is 9.46. The van der Waals surface area contributed by atoms with Gasteiger partial charge in [0.15, 0.2) is 0 Å². The SMILES string of the molecule is CNC(=O)c1ccnc2c([C@H](C)C(S)CNc3cc(-c4cnc(NC(C)C)nc4)ncn3)cccc12. The van der Waals surface area contributed by atoms with Crippen molar-refractivity contribution < 1.29 is 4.79 Å². The number of hydrogen-bond donors (Lipinski definition) is 4. The molecule has 3 N–H and O–H groups in total. The van der Waals surface area contributed by atoms with E-state index in [4.69, 9.17) is 12.6 Å². The van der Waals surface area contributed by atoms with Crippen LogP contribution in [0.15, 0.2) is 55.2 Å². The van der Waals surface area contributed by atoms with Crippen LogP contribution in [0.25, 0.3) is 22.2 Å². The Labute approximate surface area is 216 Å². The van der Waals surface area contributed by atoms with E-state index >= 15 is 0 Å². The van der Waals surface area contributed by atoms with Crippen LogP contribution in [-0.4, -0.2) is 55.7 Å². The van der Waals surface area contributed by atoms with Crippen molar-refractivity contribution in [2.45, 2.75) is 38.0 Å². The molecule has 9 nitrogen and oxygen atoms in total. The first kappa shape index (κ1) is 25.3. The number of nitrogens with one attached hydrogen (secondary N) is 3. The molecule has 0 bridgehead atoms. The molecule has 0 fully saturated rings. The first-order chi connectivity index (χ1) is 17.4. The maximum atomic E-state index is 12.3. The third-order valence-electron chi connectivity index (χ3n) is 5.87. The lowest BCUT2D eigenvalue weighted by Crippen LogP contribution is -2.22. The maximum absolute atomic E-state index is 12.3. The Morgan fingerprint density at radius 1 is 1.03 bits per heavy atom. The minimum absolute atomic E-state index is 0.0378. The van der Waals surface area contributed by atoms with Crippen molar-refractivity contribution >= 4 is 41.2 Å². The largest absolute Gasteiger partial charge is 0.369 e. The van der Waals surface area contributed by atoms with Crippen LogP contribution in [-0.2, 0) is 0 Å². The molecular formula is C26H30N8OS. The molecule has 0 spiro atoms. The molecule has 10 heteroatoms. The van der Waals surface area contributed by atoms with Crippen LogP contribution in [0, 0.1) is 0 Å². The zero-order chi connectivity index (χ0) is 25.7. The van der Waals surface area contributed by atoms with Gasteiger partial charge in [-0.15, -0.1) is 0 Å². The number of fused-ring (bicyclic) bond motifs is 1. The standard InChI is InChI=1S/C26H30N8OS/c1-15(2)34-26-30-11-17(12-31-26)21-10-23(33-14-32-21)29-13-22(36)16(3)18-6-5-7-19-20(25(35)27-4)8-9-28-24(18)19/h5-12,14-16,22,36H,13H2,1-4H3,(H,27,35)(H,29,32,33)(H,30,31,34)/t16-,22?/m0/s1. The second-order valence-electron chi connectivity index (χ2n) is 8.80. The Morgan fingerprint density at radius 3 is 2.53 bits per heavy atom. The summed E-state index contributed by atoms with van der Waals surface area (Å²) in [5.41, 5.74) is 3.99. The highest BCUT2D eigenvalue weighted by Crippen LogP contribution is 2.30. The summed E-state index contributed by atoms with van der Waals surface area (Å²) in [6.07, 6.45) is 6.68. The van der Waals surface area contributed by atoms with E-state index in [0.29, 0.717) is 23.9 Å². The van der Waals surface area contributed by atoms with E-state index in [2.05, 4.69) is 47.8 Å². The fourth-order valence-electron chi connectivity index (χ4n) is 3.90. The predicted molar refractivity (Wildman–Crippen MR) is 147 cm³/mol. The molecule has 1 amide bonds. The van der Waals surface area contributed by atoms with Gasteiger partial charge in [-0.05, 0) is 31.4 Å². The minimum Gasteiger partial charge on any atom is -0.369 e. The molecular weight excluding hydrogens is 472 g/mol. The molecule has 0 saturated heterocycles. The summed E-state index contributed by atoms with van der Waals surface area (Å²) < 4.78 is 0. The van der Waals surface area contributed by atoms with E-state index in [0.717, 1.165) is 27.7 Å². The fraction of sp³-hybridized carbons (Fsp3) is 0.308. The van der Waals surface area contributed by atoms with Crippen molar-refractivity contribution in [3.8, 4) is 11.3 Å². The highest BCUT2D eigenvalue weighted by Gasteiger charge is 2.20. The number of amides is 1. The van der Waals surface area contributed by atoms with Crippen LogP contribution >= 0.6 is 12.6 Å². The first-order valence-electron chi connectivity index (χ1n) is 11.8. The molecule has 2 atom stereocenters. The van der Waals surface area contributed by atoms with Crippen LogP contribution in [0.4, 0.5) is 11.8 Å². The van der Waals surface area contributed by atoms with Crippen LogP contribution in [0.1, 0.15) is 42.6 Å². The number of hydrogen-bond acceptors (Lipinski definition) is 9. The van der Waals surface area contributed by atoms with E-state index in [1.807, 2.05) is 38.1 Å². The molecule has 0 aliphatic carbocycles. The number of carbonyl (C=O) groups excluding carboxylic acids is 1. The lowest BCUT2D eigenvalue weighted by Gasteiger charge is -2.22. The van der Waals surface area contributed by atoms with E-state index in [-0.39, 0.29) is 23.1 Å². The molecule has 3 aromatic heterocycles. The molecule has 1 aromatic carbocycles. The first-order valence-corrected chi connectivity index (χ1v) is 12.3. The minimum atomic E-state index is -0.132. The molecule has 4 aromatic rings. The number of nitrogens with zero attached hydrogens (tertiary/aromatic N) is 5. The van der Waals surface area contributed by atoms with Crippen LogP contribution < -0.4 is 16.0 Å². The molecule has 36 heavy (non-hydrogen) atoms. The van der Waals surface area contributed by atoms with Crippen molar-refractivity contribution in [3.05, 3.63) is 66.4 Å². The van der Waals surface area contributed by atoms with Gasteiger partial charge in [0.1, 0.15) is 12.1 Å². The van der Waals surface area contributed by atoms with Gasteiger partial charge < -0.3 is 16.0 Å². The van der Waals surface area contributed by atoms with Crippen LogP contribution in [0.2, 0.25) is 0 Å². The molecule has 0 saturated carbocycles. The third-order valence-corrected chi connectivity index (χ3v) is 6.50. The highest BCUT2D eigenvalue weighted by atomic mass is 32.1. The Bertz CT molecular complexity index is 1350. The lowest BCUT2D eigenvalue weighted by molar-refractivity contribution is 0.0964. The summed E-state index contributed by atoms with van der Waals surface area (Å²) in [5, 5.41) is 10.0. The van der Waals surface area contributed by atoms with E-state index in [9.17, 15) is 4.79 Å². The summed E-state index contributed by atoms with van der Waals surface area (Å²) in [6, 6.07) is 9.78. The number of anilines is 2. The van der Waals surface area contributed by atoms with Gasteiger partial charge in [-0.3, -0.25) is 9.78 Å². The Kier molecular flexibility index (Phi) is 7.94. The second kappa shape index (κ2) is 11.3. The number of aromatic nitrogens is 5. The van der Waals surface area contributed by atoms with Crippen molar-refractivity contribution in [2.75, 3.05) is 24.2 Å². The van der Waals surface area contributed by atoms with Crippen molar-refractivity contribution in [2.24, 2.45) is 0 Å². The summed E-state index contributed by atoms with van der Waals surface area (Å²) in [6.45, 7) is 6.75. The molecule has 186 valence electrons. The zero-order valence-corrected chi connectivity index (χ0v) is 21.6. The highest BCUT2D eigenvalue weighted by molar-refractivity contribution is 7.81. The number of thiol groups is 1. The summed E-state index contributed by atoms with van der Waals surface area (Å²) in [4.78, 5) is 34.3. The number of benzene rings is 1. The average Bonchev–Trinajstić information content (AvgIpc) is 2.90. The van der Waals surface area contributed by atoms with Gasteiger partial charge >= 0.3 is 0 Å². The Balaban J connectivity index is 1.47.